The number of piperazine rings is 2. The molecule has 0 atom stereocenters. The smallest absolute Gasteiger partial charge is 0.263 e. The van der Waals surface area contributed by atoms with E-state index in [4.69, 9.17) is 0 Å². The highest BCUT2D eigenvalue weighted by Gasteiger charge is 2.19. The van der Waals surface area contributed by atoms with Crippen molar-refractivity contribution in [3.8, 4) is 6.07 Å². The largest absolute Gasteiger partial charge is 0.373 e. The molecule has 1 amide bonds. The standard InChI is InChI=1S/C22H32N6O/c1-18-4-3-5-21(19(18)2)28-14-12-27(13-15-28)17-20(16-23)22(29)25-8-11-26-9-6-24-7-10-26/h3-5,17,24H,6-15H2,1-2H3,(H,25,29)/b20-17-. The molecular weight excluding hydrogens is 364 g/mol. The Morgan fingerprint density at radius 2 is 1.90 bits per heavy atom. The molecule has 156 valence electrons. The van der Waals surface area contributed by atoms with Crippen LogP contribution in [0.5, 0.6) is 0 Å². The molecule has 1 aromatic rings. The first-order chi connectivity index (χ1) is 14.1. The maximum absolute atomic E-state index is 12.4. The predicted molar refractivity (Wildman–Crippen MR) is 116 cm³/mol. The van der Waals surface area contributed by atoms with Crippen molar-refractivity contribution >= 4 is 11.6 Å². The lowest BCUT2D eigenvalue weighted by molar-refractivity contribution is -0.117. The molecule has 2 heterocycles. The molecule has 0 bridgehead atoms. The molecule has 1 aromatic carbocycles. The maximum atomic E-state index is 12.4. The molecule has 29 heavy (non-hydrogen) atoms. The SMILES string of the molecule is Cc1cccc(N2CCN(/C=C(/C#N)C(=O)NCCN3CCNCC3)CC2)c1C. The van der Waals surface area contributed by atoms with Crippen LogP contribution in [0.3, 0.4) is 0 Å². The van der Waals surface area contributed by atoms with Gasteiger partial charge in [-0.05, 0) is 31.0 Å². The van der Waals surface area contributed by atoms with Gasteiger partial charge in [0.1, 0.15) is 11.6 Å². The summed E-state index contributed by atoms with van der Waals surface area (Å²) in [5, 5.41) is 15.6. The first-order valence-corrected chi connectivity index (χ1v) is 10.5. The van der Waals surface area contributed by atoms with Gasteiger partial charge in [0.15, 0.2) is 0 Å². The number of hydrogen-bond donors (Lipinski definition) is 2. The lowest BCUT2D eigenvalue weighted by atomic mass is 10.1. The second-order valence-corrected chi connectivity index (χ2v) is 7.74. The van der Waals surface area contributed by atoms with Crippen LogP contribution in [0, 0.1) is 25.2 Å². The lowest BCUT2D eigenvalue weighted by Gasteiger charge is -2.36. The molecule has 0 radical (unpaired) electrons. The minimum Gasteiger partial charge on any atom is -0.373 e. The van der Waals surface area contributed by atoms with Gasteiger partial charge in [-0.3, -0.25) is 9.69 Å². The van der Waals surface area contributed by atoms with E-state index in [1.807, 2.05) is 0 Å². The van der Waals surface area contributed by atoms with Gasteiger partial charge in [0.2, 0.25) is 0 Å². The van der Waals surface area contributed by atoms with Gasteiger partial charge in [-0.1, -0.05) is 12.1 Å². The highest BCUT2D eigenvalue weighted by atomic mass is 16.1. The van der Waals surface area contributed by atoms with Crippen LogP contribution in [0.4, 0.5) is 5.69 Å². The number of nitrogens with zero attached hydrogens (tertiary/aromatic N) is 4. The van der Waals surface area contributed by atoms with Gasteiger partial charge in [-0.2, -0.15) is 5.26 Å². The molecule has 0 unspecified atom stereocenters. The van der Waals surface area contributed by atoms with E-state index in [1.165, 1.54) is 16.8 Å². The fourth-order valence-corrected chi connectivity index (χ4v) is 3.85. The molecule has 7 nitrogen and oxygen atoms in total. The van der Waals surface area contributed by atoms with Crippen LogP contribution in [0.2, 0.25) is 0 Å². The van der Waals surface area contributed by atoms with Crippen LogP contribution in [0.15, 0.2) is 30.0 Å². The van der Waals surface area contributed by atoms with Crippen LogP contribution < -0.4 is 15.5 Å². The van der Waals surface area contributed by atoms with Crippen molar-refractivity contribution in [1.29, 1.82) is 5.26 Å². The predicted octanol–water partition coefficient (Wildman–Crippen LogP) is 0.854. The molecule has 3 rings (SSSR count). The van der Waals surface area contributed by atoms with Gasteiger partial charge in [0.05, 0.1) is 0 Å². The summed E-state index contributed by atoms with van der Waals surface area (Å²) in [6.07, 6.45) is 1.72. The average Bonchev–Trinajstić information content (AvgIpc) is 2.75. The fraction of sp³-hybridized carbons (Fsp3) is 0.545. The molecule has 2 N–H and O–H groups in total. The zero-order chi connectivity index (χ0) is 20.6. The number of carbonyl (C=O) groups is 1. The van der Waals surface area contributed by atoms with E-state index in [9.17, 15) is 10.1 Å². The number of amides is 1. The molecule has 2 saturated heterocycles. The number of nitriles is 1. The van der Waals surface area contributed by atoms with E-state index in [0.29, 0.717) is 6.54 Å². The van der Waals surface area contributed by atoms with Gasteiger partial charge >= 0.3 is 0 Å². The average molecular weight is 397 g/mol. The number of nitrogens with one attached hydrogen (secondary N) is 2. The first kappa shape index (κ1) is 21.2. The maximum Gasteiger partial charge on any atom is 0.263 e. The summed E-state index contributed by atoms with van der Waals surface area (Å²) >= 11 is 0. The minimum absolute atomic E-state index is 0.186. The Morgan fingerprint density at radius 3 is 2.59 bits per heavy atom. The Balaban J connectivity index is 1.49. The molecule has 7 heteroatoms. The number of benzene rings is 1. The Hall–Kier alpha value is -2.56. The second-order valence-electron chi connectivity index (χ2n) is 7.74. The van der Waals surface area contributed by atoms with Crippen molar-refractivity contribution in [2.24, 2.45) is 0 Å². The number of hydrogen-bond acceptors (Lipinski definition) is 6. The number of aryl methyl sites for hydroxylation is 1. The highest BCUT2D eigenvalue weighted by molar-refractivity contribution is 5.97. The molecule has 0 saturated carbocycles. The topological polar surface area (TPSA) is 74.6 Å². The van der Waals surface area contributed by atoms with E-state index >= 15 is 0 Å². The summed E-state index contributed by atoms with van der Waals surface area (Å²) in [4.78, 5) is 19.2. The van der Waals surface area contributed by atoms with Crippen LogP contribution in [0.1, 0.15) is 11.1 Å². The van der Waals surface area contributed by atoms with Crippen molar-refractivity contribution in [3.63, 3.8) is 0 Å². The Morgan fingerprint density at radius 1 is 1.17 bits per heavy atom. The molecule has 2 aliphatic rings. The second kappa shape index (κ2) is 10.3. The summed E-state index contributed by atoms with van der Waals surface area (Å²) in [6.45, 7) is 13.0. The molecule has 2 aliphatic heterocycles. The summed E-state index contributed by atoms with van der Waals surface area (Å²) in [5.41, 5.74) is 4.08. The fourth-order valence-electron chi connectivity index (χ4n) is 3.85. The normalized spacial score (nSPS) is 18.4. The van der Waals surface area contributed by atoms with Crippen molar-refractivity contribution in [1.82, 2.24) is 20.4 Å². The van der Waals surface area contributed by atoms with Crippen molar-refractivity contribution in [3.05, 3.63) is 41.1 Å². The van der Waals surface area contributed by atoms with Crippen molar-refractivity contribution < 1.29 is 4.79 Å². The summed E-state index contributed by atoms with van der Waals surface area (Å²) in [7, 11) is 0. The van der Waals surface area contributed by atoms with E-state index < -0.39 is 0 Å². The third kappa shape index (κ3) is 5.72. The van der Waals surface area contributed by atoms with Gasteiger partial charge in [-0.25, -0.2) is 0 Å². The monoisotopic (exact) mass is 396 g/mol. The Labute approximate surface area is 174 Å². The summed E-state index contributed by atoms with van der Waals surface area (Å²) in [6, 6.07) is 8.47. The third-order valence-electron chi connectivity index (χ3n) is 5.83. The van der Waals surface area contributed by atoms with Crippen molar-refractivity contribution in [2.45, 2.75) is 13.8 Å². The molecule has 0 aliphatic carbocycles. The molecule has 0 aromatic heterocycles. The van der Waals surface area contributed by atoms with Crippen LogP contribution in [0.25, 0.3) is 0 Å². The molecular formula is C22H32N6O. The van der Waals surface area contributed by atoms with E-state index in [2.05, 4.69) is 63.4 Å². The number of rotatable bonds is 6. The van der Waals surface area contributed by atoms with Crippen LogP contribution >= 0.6 is 0 Å². The van der Waals surface area contributed by atoms with Gasteiger partial charge < -0.3 is 20.4 Å². The van der Waals surface area contributed by atoms with Gasteiger partial charge in [0, 0.05) is 77.3 Å². The van der Waals surface area contributed by atoms with E-state index in [1.54, 1.807) is 6.20 Å². The Bertz CT molecular complexity index is 770. The van der Waals surface area contributed by atoms with Crippen LogP contribution in [-0.2, 0) is 4.79 Å². The number of carbonyl (C=O) groups excluding carboxylic acids is 1. The Kier molecular flexibility index (Phi) is 7.50. The highest BCUT2D eigenvalue weighted by Crippen LogP contribution is 2.24. The lowest BCUT2D eigenvalue weighted by Crippen LogP contribution is -2.46. The zero-order valence-corrected chi connectivity index (χ0v) is 17.6. The van der Waals surface area contributed by atoms with Gasteiger partial charge in [-0.15, -0.1) is 0 Å². The summed E-state index contributed by atoms with van der Waals surface area (Å²) < 4.78 is 0. The molecule has 2 fully saturated rings. The number of anilines is 1. The quantitative estimate of drug-likeness (QED) is 0.549. The first-order valence-electron chi connectivity index (χ1n) is 10.5. The molecule has 0 spiro atoms. The summed E-state index contributed by atoms with van der Waals surface area (Å²) in [5.74, 6) is -0.278. The third-order valence-corrected chi connectivity index (χ3v) is 5.83. The van der Waals surface area contributed by atoms with E-state index in [0.717, 1.165) is 58.9 Å². The zero-order valence-electron chi connectivity index (χ0n) is 17.6. The van der Waals surface area contributed by atoms with Crippen molar-refractivity contribution in [2.75, 3.05) is 70.3 Å². The van der Waals surface area contributed by atoms with Crippen LogP contribution in [-0.4, -0.2) is 81.2 Å². The van der Waals surface area contributed by atoms with Gasteiger partial charge in [0.25, 0.3) is 5.91 Å². The van der Waals surface area contributed by atoms with E-state index in [-0.39, 0.29) is 11.5 Å². The minimum atomic E-state index is -0.278.